The van der Waals surface area contributed by atoms with E-state index in [1.807, 2.05) is 12.1 Å². The topological polar surface area (TPSA) is 0 Å². The summed E-state index contributed by atoms with van der Waals surface area (Å²) in [5.41, 5.74) is 2.39. The van der Waals surface area contributed by atoms with Crippen molar-refractivity contribution in [2.45, 2.75) is 13.3 Å². The quantitative estimate of drug-likeness (QED) is 0.579. The van der Waals surface area contributed by atoms with Crippen molar-refractivity contribution < 1.29 is 0 Å². The van der Waals surface area contributed by atoms with Crippen LogP contribution in [0.4, 0.5) is 0 Å². The maximum atomic E-state index is 3.66. The molecule has 0 saturated heterocycles. The fourth-order valence-corrected chi connectivity index (χ4v) is 0.816. The molecule has 10 heavy (non-hydrogen) atoms. The molecule has 0 spiro atoms. The van der Waals surface area contributed by atoms with Gasteiger partial charge in [-0.05, 0) is 23.6 Å². The highest BCUT2D eigenvalue weighted by Gasteiger charge is 1.87. The van der Waals surface area contributed by atoms with E-state index in [1.54, 1.807) is 6.08 Å². The fraction of sp³-hybridized carbons (Fsp3) is 0.200. The molecular weight excluding hydrogens is 120 g/mol. The summed E-state index contributed by atoms with van der Waals surface area (Å²) in [6, 6.07) is 9.27. The molecule has 0 nitrogen and oxygen atoms in total. The van der Waals surface area contributed by atoms with Crippen LogP contribution in [0.3, 0.4) is 0 Å². The zero-order valence-corrected chi connectivity index (χ0v) is 6.22. The number of hydrogen-bond acceptors (Lipinski definition) is 0. The average molecular weight is 131 g/mol. The Morgan fingerprint density at radius 1 is 1.60 bits per heavy atom. The number of aryl methyl sites for hydroxylation is 1. The molecule has 0 heteroatoms. The largest absolute Gasteiger partial charge is 0.0984 e. The second-order valence-electron chi connectivity index (χ2n) is 2.21. The molecule has 0 bridgehead atoms. The second kappa shape index (κ2) is 3.21. The van der Waals surface area contributed by atoms with Crippen molar-refractivity contribution >= 4 is 6.08 Å². The van der Waals surface area contributed by atoms with Gasteiger partial charge in [-0.3, -0.25) is 0 Å². The second-order valence-corrected chi connectivity index (χ2v) is 2.21. The third-order valence-corrected chi connectivity index (χ3v) is 1.53. The van der Waals surface area contributed by atoms with Crippen molar-refractivity contribution in [2.75, 3.05) is 0 Å². The number of hydrogen-bond donors (Lipinski definition) is 0. The molecule has 0 heterocycles. The molecule has 0 atom stereocenters. The molecule has 0 aliphatic rings. The normalized spacial score (nSPS) is 9.30. The first-order valence-electron chi connectivity index (χ1n) is 3.50. The lowest BCUT2D eigenvalue weighted by Gasteiger charge is -1.94. The first kappa shape index (κ1) is 7.07. The third-order valence-electron chi connectivity index (χ3n) is 1.53. The van der Waals surface area contributed by atoms with E-state index in [0.717, 1.165) is 12.0 Å². The minimum Gasteiger partial charge on any atom is -0.0984 e. The van der Waals surface area contributed by atoms with Crippen LogP contribution in [0.2, 0.25) is 0 Å². The van der Waals surface area contributed by atoms with Crippen molar-refractivity contribution in [2.24, 2.45) is 0 Å². The van der Waals surface area contributed by atoms with Crippen molar-refractivity contribution in [1.82, 2.24) is 0 Å². The van der Waals surface area contributed by atoms with Crippen molar-refractivity contribution in [3.8, 4) is 0 Å². The van der Waals surface area contributed by atoms with Crippen LogP contribution in [0.15, 0.2) is 24.8 Å². The lowest BCUT2D eigenvalue weighted by atomic mass is 10.1. The minimum absolute atomic E-state index is 1.07. The van der Waals surface area contributed by atoms with Crippen LogP contribution in [-0.2, 0) is 6.42 Å². The molecular formula is C10H11. The first-order valence-corrected chi connectivity index (χ1v) is 3.50. The lowest BCUT2D eigenvalue weighted by Crippen LogP contribution is -1.78. The van der Waals surface area contributed by atoms with Gasteiger partial charge in [0, 0.05) is 0 Å². The Hall–Kier alpha value is -1.04. The minimum atomic E-state index is 1.07. The van der Waals surface area contributed by atoms with Gasteiger partial charge in [0.1, 0.15) is 0 Å². The predicted octanol–water partition coefficient (Wildman–Crippen LogP) is 2.69. The lowest BCUT2D eigenvalue weighted by molar-refractivity contribution is 1.14. The van der Waals surface area contributed by atoms with E-state index < -0.39 is 0 Å². The van der Waals surface area contributed by atoms with Gasteiger partial charge in [0.15, 0.2) is 0 Å². The molecule has 0 aliphatic carbocycles. The summed E-state index contributed by atoms with van der Waals surface area (Å²) in [4.78, 5) is 0. The van der Waals surface area contributed by atoms with Crippen molar-refractivity contribution in [3.63, 3.8) is 0 Å². The molecule has 0 saturated carbocycles. The van der Waals surface area contributed by atoms with E-state index in [-0.39, 0.29) is 0 Å². The Morgan fingerprint density at radius 2 is 2.40 bits per heavy atom. The summed E-state index contributed by atoms with van der Waals surface area (Å²) < 4.78 is 0. The Bertz CT molecular complexity index is 206. The smallest absolute Gasteiger partial charge is 0.0103 e. The van der Waals surface area contributed by atoms with Crippen LogP contribution in [0.5, 0.6) is 0 Å². The van der Waals surface area contributed by atoms with Gasteiger partial charge in [-0.2, -0.15) is 0 Å². The molecule has 1 aromatic rings. The van der Waals surface area contributed by atoms with Crippen LogP contribution in [0, 0.1) is 6.07 Å². The molecule has 0 amide bonds. The Kier molecular flexibility index (Phi) is 2.27. The summed E-state index contributed by atoms with van der Waals surface area (Å²) in [6.07, 6.45) is 2.88. The van der Waals surface area contributed by atoms with E-state index in [4.69, 9.17) is 0 Å². The highest BCUT2D eigenvalue weighted by molar-refractivity contribution is 5.46. The van der Waals surface area contributed by atoms with Crippen molar-refractivity contribution in [1.29, 1.82) is 0 Å². The molecule has 0 aliphatic heterocycles. The highest BCUT2D eigenvalue weighted by atomic mass is 13.9. The van der Waals surface area contributed by atoms with Gasteiger partial charge in [0.05, 0.1) is 0 Å². The molecule has 0 N–H and O–H groups in total. The van der Waals surface area contributed by atoms with Gasteiger partial charge in [-0.1, -0.05) is 37.8 Å². The Balaban J connectivity index is 2.90. The number of benzene rings is 1. The Labute approximate surface area is 62.2 Å². The molecule has 51 valence electrons. The van der Waals surface area contributed by atoms with Crippen molar-refractivity contribution in [3.05, 3.63) is 42.0 Å². The molecule has 1 rings (SSSR count). The number of rotatable bonds is 2. The van der Waals surface area contributed by atoms with E-state index in [9.17, 15) is 0 Å². The maximum absolute atomic E-state index is 3.66. The SMILES string of the molecule is C=Cc1[c]cc(CC)cc1. The van der Waals surface area contributed by atoms with Gasteiger partial charge in [-0.15, -0.1) is 0 Å². The van der Waals surface area contributed by atoms with Crippen LogP contribution < -0.4 is 0 Å². The summed E-state index contributed by atoms with van der Waals surface area (Å²) >= 11 is 0. The summed E-state index contributed by atoms with van der Waals surface area (Å²) in [7, 11) is 0. The van der Waals surface area contributed by atoms with Gasteiger partial charge in [-0.25, -0.2) is 0 Å². The monoisotopic (exact) mass is 131 g/mol. The highest BCUT2D eigenvalue weighted by Crippen LogP contribution is 2.04. The van der Waals surface area contributed by atoms with Gasteiger partial charge in [0.25, 0.3) is 0 Å². The van der Waals surface area contributed by atoms with Crippen LogP contribution in [0.1, 0.15) is 18.1 Å². The maximum Gasteiger partial charge on any atom is -0.0103 e. The van der Waals surface area contributed by atoms with E-state index >= 15 is 0 Å². The van der Waals surface area contributed by atoms with Crippen LogP contribution in [0.25, 0.3) is 6.08 Å². The van der Waals surface area contributed by atoms with E-state index in [0.29, 0.717) is 0 Å². The standard InChI is InChI=1S/C10H11/c1-3-9-5-7-10(4-2)8-6-9/h3,5,7-8H,1,4H2,2H3. The van der Waals surface area contributed by atoms with Gasteiger partial charge >= 0.3 is 0 Å². The molecule has 0 unspecified atom stereocenters. The zero-order valence-electron chi connectivity index (χ0n) is 6.22. The fourth-order valence-electron chi connectivity index (χ4n) is 0.816. The average Bonchev–Trinajstić information content (AvgIpc) is 2.05. The summed E-state index contributed by atoms with van der Waals surface area (Å²) in [5, 5.41) is 0. The molecule has 0 aromatic heterocycles. The molecule has 1 radical (unpaired) electrons. The van der Waals surface area contributed by atoms with E-state index in [2.05, 4.69) is 25.6 Å². The first-order chi connectivity index (χ1) is 4.86. The third kappa shape index (κ3) is 1.47. The Morgan fingerprint density at radius 3 is 2.80 bits per heavy atom. The summed E-state index contributed by atoms with van der Waals surface area (Å²) in [6.45, 7) is 5.79. The predicted molar refractivity (Wildman–Crippen MR) is 44.7 cm³/mol. The molecule has 0 fully saturated rings. The van der Waals surface area contributed by atoms with E-state index in [1.165, 1.54) is 5.56 Å². The van der Waals surface area contributed by atoms with Gasteiger partial charge < -0.3 is 0 Å². The molecule has 1 aromatic carbocycles. The van der Waals surface area contributed by atoms with Crippen LogP contribution >= 0.6 is 0 Å². The van der Waals surface area contributed by atoms with Crippen LogP contribution in [-0.4, -0.2) is 0 Å². The zero-order chi connectivity index (χ0) is 7.40. The van der Waals surface area contributed by atoms with Gasteiger partial charge in [0.2, 0.25) is 0 Å². The summed E-state index contributed by atoms with van der Waals surface area (Å²) in [5.74, 6) is 0.